The van der Waals surface area contributed by atoms with Gasteiger partial charge in [0.15, 0.2) is 5.96 Å². The third-order valence-corrected chi connectivity index (χ3v) is 5.78. The number of halogens is 1. The molecule has 1 aromatic rings. The van der Waals surface area contributed by atoms with Crippen LogP contribution in [0.1, 0.15) is 39.5 Å². The van der Waals surface area contributed by atoms with Gasteiger partial charge in [0.1, 0.15) is 17.6 Å². The first-order chi connectivity index (χ1) is 14.2. The number of ether oxygens (including phenoxy) is 2. The Kier molecular flexibility index (Phi) is 11.1. The zero-order valence-electron chi connectivity index (χ0n) is 18.8. The van der Waals surface area contributed by atoms with E-state index in [-0.39, 0.29) is 30.1 Å². The van der Waals surface area contributed by atoms with Crippen LogP contribution in [0.2, 0.25) is 0 Å². The van der Waals surface area contributed by atoms with Gasteiger partial charge in [0.25, 0.3) is 0 Å². The summed E-state index contributed by atoms with van der Waals surface area (Å²) in [5, 5.41) is 3.47. The molecule has 2 aliphatic heterocycles. The summed E-state index contributed by atoms with van der Waals surface area (Å²) in [5.41, 5.74) is 0. The number of likely N-dealkylation sites (tertiary alicyclic amines) is 2. The fourth-order valence-corrected chi connectivity index (χ4v) is 4.25. The predicted octanol–water partition coefficient (Wildman–Crippen LogP) is 3.85. The molecule has 1 aromatic carbocycles. The Hall–Kier alpha value is -1.22. The fraction of sp³-hybridized carbons (Fsp3) is 0.696. The van der Waals surface area contributed by atoms with Crippen molar-refractivity contribution in [2.45, 2.75) is 45.6 Å². The van der Waals surface area contributed by atoms with Crippen LogP contribution in [0.5, 0.6) is 11.5 Å². The molecule has 6 nitrogen and oxygen atoms in total. The van der Waals surface area contributed by atoms with Crippen molar-refractivity contribution in [3.63, 3.8) is 0 Å². The minimum Gasteiger partial charge on any atom is -0.497 e. The summed E-state index contributed by atoms with van der Waals surface area (Å²) in [6.45, 7) is 11.7. The van der Waals surface area contributed by atoms with Crippen LogP contribution in [0, 0.1) is 5.92 Å². The molecule has 2 heterocycles. The topological polar surface area (TPSA) is 49.3 Å². The van der Waals surface area contributed by atoms with E-state index < -0.39 is 0 Å². The number of nitrogens with zero attached hydrogens (tertiary/aromatic N) is 3. The maximum atomic E-state index is 6.01. The molecular weight excluding hydrogens is 491 g/mol. The molecule has 0 bridgehead atoms. The second-order valence-electron chi connectivity index (χ2n) is 8.26. The molecule has 0 aliphatic carbocycles. The zero-order valence-corrected chi connectivity index (χ0v) is 21.1. The summed E-state index contributed by atoms with van der Waals surface area (Å²) in [6, 6.07) is 7.72. The molecule has 3 rings (SSSR count). The highest BCUT2D eigenvalue weighted by Gasteiger charge is 2.27. The van der Waals surface area contributed by atoms with Crippen molar-refractivity contribution in [3.8, 4) is 11.5 Å². The number of benzene rings is 1. The van der Waals surface area contributed by atoms with Crippen molar-refractivity contribution in [1.82, 2.24) is 15.1 Å². The molecule has 30 heavy (non-hydrogen) atoms. The van der Waals surface area contributed by atoms with Crippen LogP contribution in [0.3, 0.4) is 0 Å². The van der Waals surface area contributed by atoms with Gasteiger partial charge in [-0.1, -0.05) is 6.42 Å². The van der Waals surface area contributed by atoms with Crippen molar-refractivity contribution >= 4 is 29.9 Å². The number of guanidine groups is 1. The average molecular weight is 530 g/mol. The molecular formula is C23H39IN4O2. The van der Waals surface area contributed by atoms with Gasteiger partial charge in [0.2, 0.25) is 0 Å². The van der Waals surface area contributed by atoms with E-state index in [2.05, 4.69) is 29.0 Å². The number of aliphatic imine (C=N–C) groups is 1. The fourth-order valence-electron chi connectivity index (χ4n) is 4.25. The van der Waals surface area contributed by atoms with Crippen molar-refractivity contribution in [3.05, 3.63) is 24.3 Å². The summed E-state index contributed by atoms with van der Waals surface area (Å²) in [4.78, 5) is 9.96. The summed E-state index contributed by atoms with van der Waals surface area (Å²) in [7, 11) is 1.67. The highest BCUT2D eigenvalue weighted by molar-refractivity contribution is 14.0. The number of piperidine rings is 1. The predicted molar refractivity (Wildman–Crippen MR) is 134 cm³/mol. The Balaban J connectivity index is 0.00000320. The number of nitrogens with one attached hydrogen (secondary N) is 1. The van der Waals surface area contributed by atoms with Crippen molar-refractivity contribution in [1.29, 1.82) is 0 Å². The van der Waals surface area contributed by atoms with Crippen LogP contribution < -0.4 is 14.8 Å². The van der Waals surface area contributed by atoms with Gasteiger partial charge in [0, 0.05) is 26.2 Å². The Morgan fingerprint density at radius 2 is 1.83 bits per heavy atom. The second-order valence-corrected chi connectivity index (χ2v) is 8.26. The molecule has 0 spiro atoms. The zero-order chi connectivity index (χ0) is 20.5. The Labute approximate surface area is 199 Å². The standard InChI is InChI=1S/C23H38N4O2.HI/c1-4-24-23(25-16-19(2)29-22-10-8-21(28-3)9-11-22)27-15-12-20(18-27)17-26-13-6-5-7-14-26;/h8-11,19-20H,4-7,12-18H2,1-3H3,(H,24,25);1H. The van der Waals surface area contributed by atoms with E-state index >= 15 is 0 Å². The number of hydrogen-bond acceptors (Lipinski definition) is 4. The maximum Gasteiger partial charge on any atom is 0.194 e. The van der Waals surface area contributed by atoms with Crippen molar-refractivity contribution in [2.24, 2.45) is 10.9 Å². The van der Waals surface area contributed by atoms with E-state index in [1.54, 1.807) is 7.11 Å². The third kappa shape index (κ3) is 7.80. The molecule has 2 unspecified atom stereocenters. The average Bonchev–Trinajstić information content (AvgIpc) is 3.20. The molecule has 0 aromatic heterocycles. The van der Waals surface area contributed by atoms with E-state index in [4.69, 9.17) is 14.5 Å². The van der Waals surface area contributed by atoms with E-state index in [9.17, 15) is 0 Å². The summed E-state index contributed by atoms with van der Waals surface area (Å²) >= 11 is 0. The number of rotatable bonds is 8. The molecule has 1 N–H and O–H groups in total. The molecule has 2 saturated heterocycles. The minimum atomic E-state index is 0. The summed E-state index contributed by atoms with van der Waals surface area (Å²) in [5.74, 6) is 3.47. The van der Waals surface area contributed by atoms with Crippen LogP contribution in [0.4, 0.5) is 0 Å². The highest BCUT2D eigenvalue weighted by Crippen LogP contribution is 2.21. The largest absolute Gasteiger partial charge is 0.497 e. The van der Waals surface area contributed by atoms with E-state index in [0.29, 0.717) is 6.54 Å². The first-order valence-corrected chi connectivity index (χ1v) is 11.2. The van der Waals surface area contributed by atoms with Gasteiger partial charge in [-0.15, -0.1) is 24.0 Å². The first-order valence-electron chi connectivity index (χ1n) is 11.2. The van der Waals surface area contributed by atoms with Crippen molar-refractivity contribution < 1.29 is 9.47 Å². The van der Waals surface area contributed by atoms with E-state index in [1.165, 1.54) is 45.3 Å². The molecule has 2 atom stereocenters. The highest BCUT2D eigenvalue weighted by atomic mass is 127. The monoisotopic (exact) mass is 530 g/mol. The van der Waals surface area contributed by atoms with E-state index in [1.807, 2.05) is 24.3 Å². The second kappa shape index (κ2) is 13.2. The van der Waals surface area contributed by atoms with Gasteiger partial charge in [-0.2, -0.15) is 0 Å². The lowest BCUT2D eigenvalue weighted by molar-refractivity contribution is 0.198. The molecule has 2 aliphatic rings. The smallest absolute Gasteiger partial charge is 0.194 e. The molecule has 170 valence electrons. The van der Waals surface area contributed by atoms with E-state index in [0.717, 1.165) is 43.0 Å². The number of hydrogen-bond donors (Lipinski definition) is 1. The SMILES string of the molecule is CCNC(=NCC(C)Oc1ccc(OC)cc1)N1CCC(CN2CCCCC2)C1.I. The lowest BCUT2D eigenvalue weighted by atomic mass is 10.1. The third-order valence-electron chi connectivity index (χ3n) is 5.78. The van der Waals surface area contributed by atoms with Crippen LogP contribution in [0.25, 0.3) is 0 Å². The first kappa shape index (κ1) is 25.0. The lowest BCUT2D eigenvalue weighted by Gasteiger charge is -2.29. The van der Waals surface area contributed by atoms with Crippen molar-refractivity contribution in [2.75, 3.05) is 52.9 Å². The molecule has 0 amide bonds. The van der Waals surface area contributed by atoms with Crippen LogP contribution >= 0.6 is 24.0 Å². The lowest BCUT2D eigenvalue weighted by Crippen LogP contribution is -2.41. The van der Waals surface area contributed by atoms with Gasteiger partial charge < -0.3 is 24.6 Å². The quantitative estimate of drug-likeness (QED) is 0.315. The summed E-state index contributed by atoms with van der Waals surface area (Å²) in [6.07, 6.45) is 5.42. The number of methoxy groups -OCH3 is 1. The molecule has 2 fully saturated rings. The Morgan fingerprint density at radius 1 is 1.13 bits per heavy atom. The van der Waals surface area contributed by atoms with Crippen LogP contribution in [-0.4, -0.2) is 74.8 Å². The van der Waals surface area contributed by atoms with Gasteiger partial charge in [0.05, 0.1) is 13.7 Å². The Morgan fingerprint density at radius 3 is 2.50 bits per heavy atom. The maximum absolute atomic E-state index is 6.01. The molecule has 0 radical (unpaired) electrons. The van der Waals surface area contributed by atoms with Gasteiger partial charge in [-0.3, -0.25) is 0 Å². The van der Waals surface area contributed by atoms with Gasteiger partial charge >= 0.3 is 0 Å². The van der Waals surface area contributed by atoms with Crippen LogP contribution in [0.15, 0.2) is 29.3 Å². The Bertz CT molecular complexity index is 635. The van der Waals surface area contributed by atoms with Gasteiger partial charge in [-0.25, -0.2) is 4.99 Å². The normalized spacial score (nSPS) is 21.1. The summed E-state index contributed by atoms with van der Waals surface area (Å²) < 4.78 is 11.2. The minimum absolute atomic E-state index is 0. The molecule has 0 saturated carbocycles. The van der Waals surface area contributed by atoms with Gasteiger partial charge in [-0.05, 0) is 76.4 Å². The molecule has 7 heteroatoms. The van der Waals surface area contributed by atoms with Crippen LogP contribution in [-0.2, 0) is 0 Å².